The molecule has 25 heavy (non-hydrogen) atoms. The fraction of sp³-hybridized carbons (Fsp3) is 0.0625. The van der Waals surface area contributed by atoms with Crippen molar-refractivity contribution in [2.24, 2.45) is 0 Å². The van der Waals surface area contributed by atoms with E-state index in [1.165, 1.54) is 12.5 Å². The van der Waals surface area contributed by atoms with Gasteiger partial charge in [0, 0.05) is 18.0 Å². The third kappa shape index (κ3) is 2.06. The standard InChI is InChI=1S/C16H12N8O/c25-16-12-8-18-21-14(12)20-15(11-4-2-1-3-5-11)24(16)22-6-7-23-13(9-22)17-10-19-23/h1-8,10H,9H2,(H,18,21). The van der Waals surface area contributed by atoms with Crippen LogP contribution in [0.4, 0.5) is 0 Å². The van der Waals surface area contributed by atoms with Crippen LogP contribution >= 0.6 is 0 Å². The highest BCUT2D eigenvalue weighted by molar-refractivity contribution is 5.75. The second-order valence-corrected chi connectivity index (χ2v) is 5.57. The Morgan fingerprint density at radius 1 is 1.12 bits per heavy atom. The van der Waals surface area contributed by atoms with Crippen molar-refractivity contribution < 1.29 is 0 Å². The number of aromatic nitrogens is 7. The summed E-state index contributed by atoms with van der Waals surface area (Å²) in [6.45, 7) is 0.404. The second-order valence-electron chi connectivity index (χ2n) is 5.57. The molecular formula is C16H12N8O. The van der Waals surface area contributed by atoms with E-state index in [0.29, 0.717) is 23.4 Å². The van der Waals surface area contributed by atoms with Crippen LogP contribution in [0.2, 0.25) is 0 Å². The van der Waals surface area contributed by atoms with Crippen LogP contribution in [0, 0.1) is 0 Å². The molecule has 0 spiro atoms. The maximum absolute atomic E-state index is 13.1. The average Bonchev–Trinajstić information content (AvgIpc) is 3.30. The van der Waals surface area contributed by atoms with Gasteiger partial charge in [-0.3, -0.25) is 14.9 Å². The number of H-pyrrole nitrogens is 1. The van der Waals surface area contributed by atoms with E-state index in [9.17, 15) is 4.79 Å². The average molecular weight is 332 g/mol. The zero-order valence-corrected chi connectivity index (χ0v) is 12.9. The molecule has 5 rings (SSSR count). The molecule has 4 aromatic rings. The lowest BCUT2D eigenvalue weighted by molar-refractivity contribution is 0.614. The summed E-state index contributed by atoms with van der Waals surface area (Å²) in [4.78, 5) is 21.9. The molecule has 0 aliphatic carbocycles. The normalized spacial score (nSPS) is 13.4. The van der Waals surface area contributed by atoms with E-state index in [2.05, 4.69) is 25.3 Å². The molecule has 1 aliphatic heterocycles. The minimum Gasteiger partial charge on any atom is -0.275 e. The highest BCUT2D eigenvalue weighted by atomic mass is 16.1. The zero-order chi connectivity index (χ0) is 16.8. The van der Waals surface area contributed by atoms with Gasteiger partial charge in [0.2, 0.25) is 0 Å². The third-order valence-corrected chi connectivity index (χ3v) is 4.08. The first-order valence-electron chi connectivity index (χ1n) is 7.66. The van der Waals surface area contributed by atoms with Gasteiger partial charge in [0.15, 0.2) is 17.3 Å². The van der Waals surface area contributed by atoms with E-state index >= 15 is 0 Å². The first-order valence-corrected chi connectivity index (χ1v) is 7.66. The molecule has 0 bridgehead atoms. The lowest BCUT2D eigenvalue weighted by Crippen LogP contribution is -2.41. The molecule has 4 heterocycles. The van der Waals surface area contributed by atoms with Gasteiger partial charge in [-0.15, -0.1) is 0 Å². The number of nitrogens with one attached hydrogen (secondary N) is 1. The Labute approximate surface area is 140 Å². The minimum atomic E-state index is -0.199. The molecule has 122 valence electrons. The van der Waals surface area contributed by atoms with Gasteiger partial charge in [-0.25, -0.2) is 14.6 Å². The van der Waals surface area contributed by atoms with Crippen molar-refractivity contribution in [1.82, 2.24) is 34.6 Å². The van der Waals surface area contributed by atoms with Crippen LogP contribution in [-0.2, 0) is 6.54 Å². The molecule has 0 amide bonds. The molecule has 1 N–H and O–H groups in total. The Kier molecular flexibility index (Phi) is 2.80. The number of aromatic amines is 1. The molecule has 9 nitrogen and oxygen atoms in total. The molecule has 0 saturated heterocycles. The van der Waals surface area contributed by atoms with Crippen LogP contribution in [0.5, 0.6) is 0 Å². The van der Waals surface area contributed by atoms with Gasteiger partial charge in [-0.2, -0.15) is 14.9 Å². The van der Waals surface area contributed by atoms with Crippen LogP contribution in [0.15, 0.2) is 53.9 Å². The fourth-order valence-electron chi connectivity index (χ4n) is 2.88. The Balaban J connectivity index is 1.76. The summed E-state index contributed by atoms with van der Waals surface area (Å²) in [6, 6.07) is 9.56. The lowest BCUT2D eigenvalue weighted by atomic mass is 10.2. The third-order valence-electron chi connectivity index (χ3n) is 4.08. The molecule has 1 aliphatic rings. The van der Waals surface area contributed by atoms with Gasteiger partial charge in [0.25, 0.3) is 5.56 Å². The van der Waals surface area contributed by atoms with E-state index in [4.69, 9.17) is 0 Å². The Bertz CT molecular complexity index is 1150. The number of hydrogen-bond donors (Lipinski definition) is 1. The fourth-order valence-corrected chi connectivity index (χ4v) is 2.88. The smallest absolute Gasteiger partial charge is 0.275 e. The van der Waals surface area contributed by atoms with Crippen molar-refractivity contribution in [2.45, 2.75) is 6.54 Å². The first kappa shape index (κ1) is 13.7. The summed E-state index contributed by atoms with van der Waals surface area (Å²) in [7, 11) is 0. The quantitative estimate of drug-likeness (QED) is 0.587. The van der Waals surface area contributed by atoms with E-state index in [-0.39, 0.29) is 5.56 Å². The maximum Gasteiger partial charge on any atom is 0.284 e. The highest BCUT2D eigenvalue weighted by Gasteiger charge is 2.21. The SMILES string of the molecule is O=c1c2cn[nH]c2nc(-c2ccccc2)n1N1C=Cn2ncnc2C1. The number of fused-ring (bicyclic) bond motifs is 2. The predicted octanol–water partition coefficient (Wildman–Crippen LogP) is 0.958. The van der Waals surface area contributed by atoms with E-state index in [1.54, 1.807) is 26.8 Å². The van der Waals surface area contributed by atoms with Crippen molar-refractivity contribution in [3.05, 3.63) is 65.2 Å². The van der Waals surface area contributed by atoms with Gasteiger partial charge in [-0.05, 0) is 0 Å². The monoisotopic (exact) mass is 332 g/mol. The molecule has 0 radical (unpaired) electrons. The first-order chi connectivity index (χ1) is 12.3. The molecule has 0 unspecified atom stereocenters. The molecule has 0 saturated carbocycles. The van der Waals surface area contributed by atoms with E-state index in [0.717, 1.165) is 11.4 Å². The summed E-state index contributed by atoms with van der Waals surface area (Å²) >= 11 is 0. The zero-order valence-electron chi connectivity index (χ0n) is 12.9. The van der Waals surface area contributed by atoms with Gasteiger partial charge in [0.05, 0.1) is 12.7 Å². The van der Waals surface area contributed by atoms with Crippen LogP contribution in [0.1, 0.15) is 5.82 Å². The topological polar surface area (TPSA) is 97.5 Å². The van der Waals surface area contributed by atoms with Crippen LogP contribution in [0.3, 0.4) is 0 Å². The van der Waals surface area contributed by atoms with Gasteiger partial charge < -0.3 is 0 Å². The second kappa shape index (κ2) is 5.13. The molecule has 0 atom stereocenters. The van der Waals surface area contributed by atoms with Gasteiger partial charge in [0.1, 0.15) is 11.7 Å². The lowest BCUT2D eigenvalue weighted by Gasteiger charge is -2.26. The van der Waals surface area contributed by atoms with Crippen molar-refractivity contribution in [3.63, 3.8) is 0 Å². The minimum absolute atomic E-state index is 0.199. The van der Waals surface area contributed by atoms with Crippen LogP contribution in [-0.4, -0.2) is 34.6 Å². The predicted molar refractivity (Wildman–Crippen MR) is 90.9 cm³/mol. The van der Waals surface area contributed by atoms with Crippen LogP contribution < -0.4 is 10.6 Å². The van der Waals surface area contributed by atoms with Crippen LogP contribution in [0.25, 0.3) is 28.6 Å². The summed E-state index contributed by atoms with van der Waals surface area (Å²) < 4.78 is 3.22. The Morgan fingerprint density at radius 2 is 2.00 bits per heavy atom. The number of nitrogens with zero attached hydrogens (tertiary/aromatic N) is 7. The van der Waals surface area contributed by atoms with Crippen molar-refractivity contribution >= 4 is 17.2 Å². The summed E-state index contributed by atoms with van der Waals surface area (Å²) in [5, 5.41) is 13.0. The number of hydrogen-bond acceptors (Lipinski definition) is 6. The summed E-state index contributed by atoms with van der Waals surface area (Å²) in [5.74, 6) is 1.26. The Hall–Kier alpha value is -3.75. The van der Waals surface area contributed by atoms with Crippen molar-refractivity contribution in [2.75, 3.05) is 5.01 Å². The summed E-state index contributed by atoms with van der Waals surface area (Å²) in [6.07, 6.45) is 6.52. The molecule has 9 heteroatoms. The molecular weight excluding hydrogens is 320 g/mol. The van der Waals surface area contributed by atoms with Gasteiger partial charge in [-0.1, -0.05) is 30.3 Å². The molecule has 1 aromatic carbocycles. The number of benzene rings is 1. The highest BCUT2D eigenvalue weighted by Crippen LogP contribution is 2.19. The van der Waals surface area contributed by atoms with E-state index in [1.807, 2.05) is 30.3 Å². The maximum atomic E-state index is 13.1. The van der Waals surface area contributed by atoms with E-state index < -0.39 is 0 Å². The molecule has 3 aromatic heterocycles. The van der Waals surface area contributed by atoms with Gasteiger partial charge >= 0.3 is 0 Å². The largest absolute Gasteiger partial charge is 0.284 e. The number of rotatable bonds is 2. The van der Waals surface area contributed by atoms with Crippen molar-refractivity contribution in [3.8, 4) is 11.4 Å². The molecule has 0 fully saturated rings. The summed E-state index contributed by atoms with van der Waals surface area (Å²) in [5.41, 5.74) is 1.09. The Morgan fingerprint density at radius 3 is 2.88 bits per heavy atom. The van der Waals surface area contributed by atoms with Crippen molar-refractivity contribution in [1.29, 1.82) is 0 Å².